The highest BCUT2D eigenvalue weighted by atomic mass is 16.4. The summed E-state index contributed by atoms with van der Waals surface area (Å²) in [5.74, 6) is -0.605. The molecule has 88 valence electrons. The second-order valence-corrected chi connectivity index (χ2v) is 4.68. The van der Waals surface area contributed by atoms with Crippen molar-refractivity contribution in [3.63, 3.8) is 0 Å². The Morgan fingerprint density at radius 3 is 2.27 bits per heavy atom. The fourth-order valence-corrected chi connectivity index (χ4v) is 2.55. The molecule has 0 heterocycles. The van der Waals surface area contributed by atoms with Gasteiger partial charge in [-0.15, -0.1) is 0 Å². The molecule has 1 saturated carbocycles. The van der Waals surface area contributed by atoms with Gasteiger partial charge in [-0.1, -0.05) is 32.1 Å². The lowest BCUT2D eigenvalue weighted by Crippen LogP contribution is -2.33. The van der Waals surface area contributed by atoms with Crippen LogP contribution in [-0.4, -0.2) is 22.8 Å². The second kappa shape index (κ2) is 6.11. The molecule has 3 heteroatoms. The minimum absolute atomic E-state index is 0.222. The summed E-state index contributed by atoms with van der Waals surface area (Å²) in [6.45, 7) is 0.222. The Labute approximate surface area is 91.5 Å². The summed E-state index contributed by atoms with van der Waals surface area (Å²) in [7, 11) is 0. The molecule has 0 aliphatic heterocycles. The molecule has 2 N–H and O–H groups in total. The summed E-state index contributed by atoms with van der Waals surface area (Å²) in [4.78, 5) is 11.3. The van der Waals surface area contributed by atoms with Gasteiger partial charge >= 0.3 is 5.97 Å². The molecule has 1 rings (SSSR count). The number of aliphatic hydroxyl groups is 1. The molecule has 0 aromatic rings. The fraction of sp³-hybridized carbons (Fsp3) is 0.917. The first-order chi connectivity index (χ1) is 7.21. The lowest BCUT2D eigenvalue weighted by molar-refractivity contribution is -0.151. The lowest BCUT2D eigenvalue weighted by atomic mass is 9.71. The number of hydrogen-bond acceptors (Lipinski definition) is 2. The summed E-state index contributed by atoms with van der Waals surface area (Å²) in [5.41, 5.74) is -0.437. The van der Waals surface area contributed by atoms with E-state index in [9.17, 15) is 9.90 Å². The van der Waals surface area contributed by atoms with E-state index in [1.807, 2.05) is 0 Å². The Balaban J connectivity index is 2.39. The van der Waals surface area contributed by atoms with E-state index in [-0.39, 0.29) is 6.61 Å². The molecule has 0 spiro atoms. The van der Waals surface area contributed by atoms with Crippen LogP contribution in [0.1, 0.15) is 57.8 Å². The van der Waals surface area contributed by atoms with Crippen molar-refractivity contribution in [1.29, 1.82) is 0 Å². The molecule has 0 unspecified atom stereocenters. The SMILES string of the molecule is O=C(O)C1(CCCCCO)CCCCC1. The van der Waals surface area contributed by atoms with Crippen molar-refractivity contribution in [2.75, 3.05) is 6.61 Å². The predicted molar refractivity (Wildman–Crippen MR) is 58.7 cm³/mol. The Hall–Kier alpha value is -0.570. The van der Waals surface area contributed by atoms with Crippen molar-refractivity contribution in [1.82, 2.24) is 0 Å². The standard InChI is InChI=1S/C12H22O3/c13-10-6-2-5-9-12(11(14)15)7-3-1-4-8-12/h13H,1-10H2,(H,14,15). The van der Waals surface area contributed by atoms with Crippen molar-refractivity contribution in [2.45, 2.75) is 57.8 Å². The number of unbranched alkanes of at least 4 members (excludes halogenated alkanes) is 2. The average Bonchev–Trinajstić information content (AvgIpc) is 2.26. The van der Waals surface area contributed by atoms with Gasteiger partial charge in [-0.25, -0.2) is 0 Å². The number of aliphatic carboxylic acids is 1. The van der Waals surface area contributed by atoms with Crippen LogP contribution in [0.15, 0.2) is 0 Å². The first-order valence-corrected chi connectivity index (χ1v) is 6.05. The number of carboxylic acids is 1. The number of hydrogen-bond donors (Lipinski definition) is 2. The molecule has 0 amide bonds. The zero-order valence-electron chi connectivity index (χ0n) is 9.37. The number of rotatable bonds is 6. The highest BCUT2D eigenvalue weighted by molar-refractivity contribution is 5.74. The highest BCUT2D eigenvalue weighted by Crippen LogP contribution is 2.40. The van der Waals surface area contributed by atoms with Crippen LogP contribution in [0.5, 0.6) is 0 Å². The maximum atomic E-state index is 11.3. The molecular formula is C12H22O3. The summed E-state index contributed by atoms with van der Waals surface area (Å²) in [6, 6.07) is 0. The van der Waals surface area contributed by atoms with Crippen LogP contribution in [0.3, 0.4) is 0 Å². The van der Waals surface area contributed by atoms with E-state index < -0.39 is 11.4 Å². The zero-order chi connectivity index (χ0) is 11.1. The molecule has 0 saturated heterocycles. The summed E-state index contributed by atoms with van der Waals surface area (Å²) < 4.78 is 0. The van der Waals surface area contributed by atoms with Gasteiger partial charge in [-0.2, -0.15) is 0 Å². The molecule has 0 aromatic heterocycles. The summed E-state index contributed by atoms with van der Waals surface area (Å²) in [5, 5.41) is 18.0. The summed E-state index contributed by atoms with van der Waals surface area (Å²) in [6.07, 6.45) is 8.49. The van der Waals surface area contributed by atoms with Crippen LogP contribution in [0, 0.1) is 5.41 Å². The molecular weight excluding hydrogens is 192 g/mol. The van der Waals surface area contributed by atoms with Gasteiger partial charge < -0.3 is 10.2 Å². The largest absolute Gasteiger partial charge is 0.481 e. The van der Waals surface area contributed by atoms with Gasteiger partial charge in [0.2, 0.25) is 0 Å². The molecule has 1 aliphatic carbocycles. The van der Waals surface area contributed by atoms with Gasteiger partial charge in [-0.3, -0.25) is 4.79 Å². The molecule has 3 nitrogen and oxygen atoms in total. The molecule has 15 heavy (non-hydrogen) atoms. The number of carbonyl (C=O) groups is 1. The minimum atomic E-state index is -0.605. The van der Waals surface area contributed by atoms with Crippen molar-refractivity contribution in [3.05, 3.63) is 0 Å². The molecule has 1 aliphatic rings. The third kappa shape index (κ3) is 3.49. The van der Waals surface area contributed by atoms with Crippen LogP contribution >= 0.6 is 0 Å². The Morgan fingerprint density at radius 2 is 1.73 bits per heavy atom. The van der Waals surface area contributed by atoms with E-state index in [0.717, 1.165) is 51.4 Å². The first-order valence-electron chi connectivity index (χ1n) is 6.05. The monoisotopic (exact) mass is 214 g/mol. The van der Waals surface area contributed by atoms with Crippen molar-refractivity contribution < 1.29 is 15.0 Å². The second-order valence-electron chi connectivity index (χ2n) is 4.68. The topological polar surface area (TPSA) is 57.5 Å². The van der Waals surface area contributed by atoms with Crippen LogP contribution in [-0.2, 0) is 4.79 Å². The van der Waals surface area contributed by atoms with Crippen LogP contribution < -0.4 is 0 Å². The normalized spacial score (nSPS) is 20.1. The van der Waals surface area contributed by atoms with E-state index in [1.165, 1.54) is 6.42 Å². The lowest BCUT2D eigenvalue weighted by Gasteiger charge is -2.33. The highest BCUT2D eigenvalue weighted by Gasteiger charge is 2.38. The maximum Gasteiger partial charge on any atom is 0.309 e. The van der Waals surface area contributed by atoms with Gasteiger partial charge in [0.1, 0.15) is 0 Å². The van der Waals surface area contributed by atoms with Gasteiger partial charge in [-0.05, 0) is 25.7 Å². The summed E-state index contributed by atoms with van der Waals surface area (Å²) >= 11 is 0. The van der Waals surface area contributed by atoms with E-state index in [1.54, 1.807) is 0 Å². The van der Waals surface area contributed by atoms with E-state index >= 15 is 0 Å². The minimum Gasteiger partial charge on any atom is -0.481 e. The Kier molecular flexibility index (Phi) is 5.09. The third-order valence-corrected chi connectivity index (χ3v) is 3.58. The van der Waals surface area contributed by atoms with E-state index in [4.69, 9.17) is 5.11 Å². The van der Waals surface area contributed by atoms with Crippen LogP contribution in [0.25, 0.3) is 0 Å². The zero-order valence-corrected chi connectivity index (χ0v) is 9.37. The van der Waals surface area contributed by atoms with Crippen molar-refractivity contribution in [3.8, 4) is 0 Å². The molecule has 0 atom stereocenters. The molecule has 0 radical (unpaired) electrons. The maximum absolute atomic E-state index is 11.3. The predicted octanol–water partition coefficient (Wildman–Crippen LogP) is 2.57. The van der Waals surface area contributed by atoms with Gasteiger partial charge in [0.05, 0.1) is 5.41 Å². The van der Waals surface area contributed by atoms with Crippen molar-refractivity contribution in [2.24, 2.45) is 5.41 Å². The molecule has 0 bridgehead atoms. The van der Waals surface area contributed by atoms with Crippen molar-refractivity contribution >= 4 is 5.97 Å². The van der Waals surface area contributed by atoms with Gasteiger partial charge in [0.25, 0.3) is 0 Å². The molecule has 0 aromatic carbocycles. The van der Waals surface area contributed by atoms with Gasteiger partial charge in [0.15, 0.2) is 0 Å². The van der Waals surface area contributed by atoms with Crippen LogP contribution in [0.2, 0.25) is 0 Å². The third-order valence-electron chi connectivity index (χ3n) is 3.58. The van der Waals surface area contributed by atoms with E-state index in [2.05, 4.69) is 0 Å². The smallest absolute Gasteiger partial charge is 0.309 e. The Bertz CT molecular complexity index is 195. The quantitative estimate of drug-likeness (QED) is 0.668. The van der Waals surface area contributed by atoms with Crippen LogP contribution in [0.4, 0.5) is 0 Å². The first kappa shape index (κ1) is 12.5. The van der Waals surface area contributed by atoms with E-state index in [0.29, 0.717) is 0 Å². The average molecular weight is 214 g/mol. The fourth-order valence-electron chi connectivity index (χ4n) is 2.55. The molecule has 1 fully saturated rings. The van der Waals surface area contributed by atoms with Gasteiger partial charge in [0, 0.05) is 6.61 Å². The Morgan fingerprint density at radius 1 is 1.07 bits per heavy atom. The number of aliphatic hydroxyl groups excluding tert-OH is 1. The number of carboxylic acid groups (broad SMARTS) is 1.